The molecule has 1 aromatic carbocycles. The lowest BCUT2D eigenvalue weighted by Gasteiger charge is -2.32. The highest BCUT2D eigenvalue weighted by molar-refractivity contribution is 5.94. The summed E-state index contributed by atoms with van der Waals surface area (Å²) in [5.41, 5.74) is 2.52. The number of aryl methyl sites for hydroxylation is 1. The molecule has 1 aliphatic rings. The number of hydrogen-bond acceptors (Lipinski definition) is 6. The van der Waals surface area contributed by atoms with Crippen LogP contribution < -0.4 is 4.74 Å². The second-order valence-electron chi connectivity index (χ2n) is 8.15. The zero-order valence-electron chi connectivity index (χ0n) is 18.3. The Labute approximate surface area is 191 Å². The van der Waals surface area contributed by atoms with Crippen molar-refractivity contribution in [2.45, 2.75) is 25.7 Å². The van der Waals surface area contributed by atoms with Crippen LogP contribution in [0.3, 0.4) is 0 Å². The Morgan fingerprint density at radius 2 is 2.06 bits per heavy atom. The monoisotopic (exact) mass is 440 g/mol. The van der Waals surface area contributed by atoms with E-state index in [1.807, 2.05) is 48.4 Å². The van der Waals surface area contributed by atoms with Crippen molar-refractivity contribution in [3.05, 3.63) is 90.3 Å². The van der Waals surface area contributed by atoms with E-state index in [2.05, 4.69) is 20.1 Å². The first kappa shape index (κ1) is 20.8. The van der Waals surface area contributed by atoms with E-state index in [1.54, 1.807) is 41.6 Å². The van der Waals surface area contributed by atoms with Crippen molar-refractivity contribution in [2.75, 3.05) is 13.1 Å². The predicted octanol–water partition coefficient (Wildman–Crippen LogP) is 4.18. The lowest BCUT2D eigenvalue weighted by atomic mass is 9.94. The molecule has 1 atom stereocenters. The van der Waals surface area contributed by atoms with Gasteiger partial charge in [-0.1, -0.05) is 12.1 Å². The highest BCUT2D eigenvalue weighted by atomic mass is 16.5. The van der Waals surface area contributed by atoms with Crippen molar-refractivity contribution < 1.29 is 9.53 Å². The summed E-state index contributed by atoms with van der Waals surface area (Å²) in [5.74, 6) is 1.94. The van der Waals surface area contributed by atoms with Crippen molar-refractivity contribution in [1.82, 2.24) is 29.6 Å². The standard InChI is InChI=1S/C25H24N6O2/c1-18-5-2-7-21(13-18)33-24-16-26-15-22(29-24)20-6-3-11-30(17-20)25(32)19-8-9-23(27-14-19)31-12-4-10-28-31/h2,4-5,7-10,12-16,20H,3,6,11,17H2,1H3/t20-/m1/s1. The Kier molecular flexibility index (Phi) is 5.80. The number of benzene rings is 1. The molecule has 5 rings (SSSR count). The number of piperidine rings is 1. The summed E-state index contributed by atoms with van der Waals surface area (Å²) in [6, 6.07) is 13.3. The van der Waals surface area contributed by atoms with E-state index in [-0.39, 0.29) is 11.8 Å². The van der Waals surface area contributed by atoms with Crippen molar-refractivity contribution in [1.29, 1.82) is 0 Å². The van der Waals surface area contributed by atoms with Crippen molar-refractivity contribution >= 4 is 5.91 Å². The first-order chi connectivity index (χ1) is 16.2. The van der Waals surface area contributed by atoms with Crippen molar-refractivity contribution in [2.24, 2.45) is 0 Å². The number of pyridine rings is 1. The fourth-order valence-electron chi connectivity index (χ4n) is 4.05. The molecule has 4 aromatic rings. The molecule has 0 N–H and O–H groups in total. The number of nitrogens with zero attached hydrogens (tertiary/aromatic N) is 6. The van der Waals surface area contributed by atoms with Gasteiger partial charge in [0.05, 0.1) is 17.5 Å². The minimum absolute atomic E-state index is 0.0284. The molecule has 1 amide bonds. The molecule has 0 saturated carbocycles. The summed E-state index contributed by atoms with van der Waals surface area (Å²) in [6.45, 7) is 3.31. The second kappa shape index (κ2) is 9.20. The molecule has 0 radical (unpaired) electrons. The molecule has 1 saturated heterocycles. The van der Waals surface area contributed by atoms with Gasteiger partial charge >= 0.3 is 0 Å². The topological polar surface area (TPSA) is 86.0 Å². The van der Waals surface area contributed by atoms with Crippen LogP contribution >= 0.6 is 0 Å². The number of likely N-dealkylation sites (tertiary alicyclic amines) is 1. The fourth-order valence-corrected chi connectivity index (χ4v) is 4.05. The average molecular weight is 441 g/mol. The Morgan fingerprint density at radius 1 is 1.12 bits per heavy atom. The molecule has 0 spiro atoms. The van der Waals surface area contributed by atoms with Crippen LogP contribution in [0.15, 0.2) is 73.4 Å². The van der Waals surface area contributed by atoms with Gasteiger partial charge in [-0.15, -0.1) is 0 Å². The fraction of sp³-hybridized carbons (Fsp3) is 0.240. The molecule has 0 unspecified atom stereocenters. The van der Waals surface area contributed by atoms with E-state index >= 15 is 0 Å². The first-order valence-corrected chi connectivity index (χ1v) is 11.0. The lowest BCUT2D eigenvalue weighted by Crippen LogP contribution is -2.39. The quantitative estimate of drug-likeness (QED) is 0.463. The van der Waals surface area contributed by atoms with Gasteiger partial charge in [-0.05, 0) is 55.7 Å². The van der Waals surface area contributed by atoms with Crippen LogP contribution in [0.25, 0.3) is 5.82 Å². The molecule has 1 fully saturated rings. The molecular weight excluding hydrogens is 416 g/mol. The molecular formula is C25H24N6O2. The number of rotatable bonds is 5. The minimum Gasteiger partial charge on any atom is -0.437 e. The average Bonchev–Trinajstić information content (AvgIpc) is 3.39. The van der Waals surface area contributed by atoms with E-state index in [0.717, 1.165) is 29.8 Å². The third kappa shape index (κ3) is 4.74. The molecule has 166 valence electrons. The van der Waals surface area contributed by atoms with Gasteiger partial charge in [-0.2, -0.15) is 5.10 Å². The summed E-state index contributed by atoms with van der Waals surface area (Å²) in [6.07, 6.45) is 10.4. The Bertz CT molecular complexity index is 1240. The van der Waals surface area contributed by atoms with Gasteiger partial charge in [0, 0.05) is 43.8 Å². The van der Waals surface area contributed by atoms with Gasteiger partial charge in [-0.25, -0.2) is 14.6 Å². The minimum atomic E-state index is -0.0284. The van der Waals surface area contributed by atoms with Crippen LogP contribution in [0.1, 0.15) is 40.4 Å². The van der Waals surface area contributed by atoms with E-state index in [4.69, 9.17) is 4.74 Å². The number of carbonyl (C=O) groups is 1. The summed E-state index contributed by atoms with van der Waals surface area (Å²) < 4.78 is 7.57. The van der Waals surface area contributed by atoms with Crippen LogP contribution in [0, 0.1) is 6.92 Å². The Morgan fingerprint density at radius 3 is 2.85 bits per heavy atom. The number of carbonyl (C=O) groups excluding carboxylic acids is 1. The van der Waals surface area contributed by atoms with Gasteiger partial charge in [0.25, 0.3) is 5.91 Å². The summed E-state index contributed by atoms with van der Waals surface area (Å²) in [5, 5.41) is 4.17. The van der Waals surface area contributed by atoms with Gasteiger partial charge in [-0.3, -0.25) is 9.78 Å². The molecule has 0 bridgehead atoms. The van der Waals surface area contributed by atoms with Gasteiger partial charge < -0.3 is 9.64 Å². The van der Waals surface area contributed by atoms with Gasteiger partial charge in [0.15, 0.2) is 5.82 Å². The predicted molar refractivity (Wildman–Crippen MR) is 123 cm³/mol. The van der Waals surface area contributed by atoms with Gasteiger partial charge in [0.2, 0.25) is 5.88 Å². The Hall–Kier alpha value is -4.07. The number of aromatic nitrogens is 5. The van der Waals surface area contributed by atoms with Crippen molar-refractivity contribution in [3.8, 4) is 17.4 Å². The maximum atomic E-state index is 13.1. The SMILES string of the molecule is Cc1cccc(Oc2cncc([C@@H]3CCCN(C(=O)c4ccc(-n5cccn5)nc4)C3)n2)c1. The van der Waals surface area contributed by atoms with Crippen LogP contribution in [-0.4, -0.2) is 48.6 Å². The summed E-state index contributed by atoms with van der Waals surface area (Å²) in [7, 11) is 0. The summed E-state index contributed by atoms with van der Waals surface area (Å²) >= 11 is 0. The highest BCUT2D eigenvalue weighted by Gasteiger charge is 2.27. The summed E-state index contributed by atoms with van der Waals surface area (Å²) in [4.78, 5) is 28.4. The van der Waals surface area contributed by atoms with Gasteiger partial charge in [0.1, 0.15) is 5.75 Å². The molecule has 1 aliphatic heterocycles. The van der Waals surface area contributed by atoms with E-state index in [0.29, 0.717) is 30.4 Å². The zero-order valence-corrected chi connectivity index (χ0v) is 18.3. The Balaban J connectivity index is 1.28. The van der Waals surface area contributed by atoms with Crippen molar-refractivity contribution in [3.63, 3.8) is 0 Å². The molecule has 8 nitrogen and oxygen atoms in total. The molecule has 33 heavy (non-hydrogen) atoms. The normalized spacial score (nSPS) is 15.9. The van der Waals surface area contributed by atoms with Crippen LogP contribution in [-0.2, 0) is 0 Å². The van der Waals surface area contributed by atoms with E-state index in [9.17, 15) is 4.79 Å². The van der Waals surface area contributed by atoms with E-state index in [1.165, 1.54) is 0 Å². The lowest BCUT2D eigenvalue weighted by molar-refractivity contribution is 0.0705. The second-order valence-corrected chi connectivity index (χ2v) is 8.15. The third-order valence-electron chi connectivity index (χ3n) is 5.70. The van der Waals surface area contributed by atoms with Crippen LogP contribution in [0.4, 0.5) is 0 Å². The zero-order chi connectivity index (χ0) is 22.6. The molecule has 4 heterocycles. The smallest absolute Gasteiger partial charge is 0.255 e. The molecule has 3 aromatic heterocycles. The maximum Gasteiger partial charge on any atom is 0.255 e. The van der Waals surface area contributed by atoms with Crippen LogP contribution in [0.5, 0.6) is 11.6 Å². The third-order valence-corrected chi connectivity index (χ3v) is 5.70. The highest BCUT2D eigenvalue weighted by Crippen LogP contribution is 2.28. The number of amides is 1. The molecule has 8 heteroatoms. The first-order valence-electron chi connectivity index (χ1n) is 11.0. The maximum absolute atomic E-state index is 13.1. The van der Waals surface area contributed by atoms with E-state index < -0.39 is 0 Å². The number of hydrogen-bond donors (Lipinski definition) is 0. The largest absolute Gasteiger partial charge is 0.437 e. The van der Waals surface area contributed by atoms with Crippen LogP contribution in [0.2, 0.25) is 0 Å². The number of ether oxygens (including phenoxy) is 1. The molecule has 0 aliphatic carbocycles.